The highest BCUT2D eigenvalue weighted by Crippen LogP contribution is 2.29. The van der Waals surface area contributed by atoms with Crippen molar-refractivity contribution in [3.8, 4) is 5.75 Å². The van der Waals surface area contributed by atoms with Gasteiger partial charge in [0.05, 0.1) is 17.7 Å². The zero-order valence-corrected chi connectivity index (χ0v) is 15.7. The molecule has 0 bridgehead atoms. The van der Waals surface area contributed by atoms with E-state index in [1.54, 1.807) is 41.1 Å². The number of aromatic carboxylic acids is 1. The van der Waals surface area contributed by atoms with Gasteiger partial charge in [-0.25, -0.2) is 4.79 Å². The van der Waals surface area contributed by atoms with Crippen LogP contribution in [0.3, 0.4) is 0 Å². The van der Waals surface area contributed by atoms with Crippen molar-refractivity contribution in [2.75, 3.05) is 0 Å². The second-order valence-corrected chi connectivity index (χ2v) is 6.68. The standard InChI is InChI=1S/C21H17N5O4/c27-19-16(7-13-1-3-14(4-2-13)21(29)30)9-22-18-6-5-15(8-17(18)19)20(28)23-10-26-11-24-25-12-26/h1-6,8-9,11-12H,7,10H2,(H,22,27)(H,23,28)(H,29,30). The van der Waals surface area contributed by atoms with Crippen LogP contribution >= 0.6 is 0 Å². The Balaban J connectivity index is 1.57. The van der Waals surface area contributed by atoms with Gasteiger partial charge in [-0.15, -0.1) is 10.2 Å². The van der Waals surface area contributed by atoms with Crippen LogP contribution in [0.25, 0.3) is 10.9 Å². The average molecular weight is 403 g/mol. The molecule has 0 saturated carbocycles. The minimum absolute atomic E-state index is 0.0378. The number of benzene rings is 2. The number of nitrogens with zero attached hydrogens (tertiary/aromatic N) is 4. The Bertz CT molecular complexity index is 1220. The van der Waals surface area contributed by atoms with Gasteiger partial charge in [-0.2, -0.15) is 0 Å². The van der Waals surface area contributed by atoms with Crippen molar-refractivity contribution in [2.45, 2.75) is 13.1 Å². The summed E-state index contributed by atoms with van der Waals surface area (Å²) in [6.07, 6.45) is 4.94. The number of hydrogen-bond acceptors (Lipinski definition) is 6. The Morgan fingerprint density at radius 3 is 2.40 bits per heavy atom. The van der Waals surface area contributed by atoms with Crippen LogP contribution in [0.5, 0.6) is 5.75 Å². The van der Waals surface area contributed by atoms with Crippen LogP contribution in [0.15, 0.2) is 61.3 Å². The summed E-state index contributed by atoms with van der Waals surface area (Å²) in [5, 5.41) is 30.3. The van der Waals surface area contributed by atoms with Crippen LogP contribution in [0, 0.1) is 0 Å². The molecule has 0 radical (unpaired) electrons. The molecule has 0 spiro atoms. The number of rotatable bonds is 6. The fourth-order valence-corrected chi connectivity index (χ4v) is 3.04. The third-order valence-corrected chi connectivity index (χ3v) is 4.66. The highest BCUT2D eigenvalue weighted by molar-refractivity contribution is 5.99. The summed E-state index contributed by atoms with van der Waals surface area (Å²) < 4.78 is 1.62. The molecule has 2 heterocycles. The van der Waals surface area contributed by atoms with Crippen molar-refractivity contribution in [3.63, 3.8) is 0 Å². The van der Waals surface area contributed by atoms with Crippen LogP contribution in [0.2, 0.25) is 0 Å². The van der Waals surface area contributed by atoms with E-state index in [4.69, 9.17) is 5.11 Å². The maximum absolute atomic E-state index is 12.4. The van der Waals surface area contributed by atoms with Crippen molar-refractivity contribution >= 4 is 22.8 Å². The van der Waals surface area contributed by atoms with E-state index >= 15 is 0 Å². The number of carbonyl (C=O) groups is 2. The quantitative estimate of drug-likeness (QED) is 0.450. The van der Waals surface area contributed by atoms with E-state index in [1.807, 2.05) is 0 Å². The monoisotopic (exact) mass is 403 g/mol. The Kier molecular flexibility index (Phi) is 5.08. The minimum atomic E-state index is -0.994. The summed E-state index contributed by atoms with van der Waals surface area (Å²) in [5.41, 5.74) is 2.55. The second kappa shape index (κ2) is 8.00. The van der Waals surface area contributed by atoms with E-state index in [9.17, 15) is 14.7 Å². The molecule has 3 N–H and O–H groups in total. The molecular weight excluding hydrogens is 386 g/mol. The van der Waals surface area contributed by atoms with Gasteiger partial charge in [-0.3, -0.25) is 9.78 Å². The number of carbonyl (C=O) groups excluding carboxylic acids is 1. The third-order valence-electron chi connectivity index (χ3n) is 4.66. The molecule has 1 amide bonds. The molecular formula is C21H17N5O4. The molecule has 0 atom stereocenters. The summed E-state index contributed by atoms with van der Waals surface area (Å²) in [4.78, 5) is 27.8. The lowest BCUT2D eigenvalue weighted by Gasteiger charge is -2.10. The first-order valence-corrected chi connectivity index (χ1v) is 9.05. The largest absolute Gasteiger partial charge is 0.507 e. The highest BCUT2D eigenvalue weighted by atomic mass is 16.4. The molecule has 0 aliphatic rings. The van der Waals surface area contributed by atoms with Crippen molar-refractivity contribution in [1.29, 1.82) is 0 Å². The maximum Gasteiger partial charge on any atom is 0.335 e. The smallest absolute Gasteiger partial charge is 0.335 e. The number of aromatic nitrogens is 4. The molecule has 150 valence electrons. The first kappa shape index (κ1) is 19.1. The number of pyridine rings is 1. The predicted octanol–water partition coefficient (Wildman–Crippen LogP) is 2.21. The van der Waals surface area contributed by atoms with Crippen LogP contribution < -0.4 is 5.32 Å². The zero-order chi connectivity index (χ0) is 21.1. The molecule has 4 rings (SSSR count). The summed E-state index contributed by atoms with van der Waals surface area (Å²) in [6.45, 7) is 0.223. The molecule has 0 saturated heterocycles. The lowest BCUT2D eigenvalue weighted by molar-refractivity contribution is 0.0696. The van der Waals surface area contributed by atoms with Gasteiger partial charge in [0.1, 0.15) is 18.4 Å². The Morgan fingerprint density at radius 2 is 1.70 bits per heavy atom. The molecule has 0 aliphatic carbocycles. The Hall–Kier alpha value is -4.27. The molecule has 0 aliphatic heterocycles. The molecule has 30 heavy (non-hydrogen) atoms. The molecule has 2 aromatic carbocycles. The van der Waals surface area contributed by atoms with E-state index in [-0.39, 0.29) is 23.9 Å². The van der Waals surface area contributed by atoms with Crippen LogP contribution in [0.1, 0.15) is 31.8 Å². The van der Waals surface area contributed by atoms with Crippen molar-refractivity contribution in [1.82, 2.24) is 25.1 Å². The number of nitrogens with one attached hydrogen (secondary N) is 1. The lowest BCUT2D eigenvalue weighted by Crippen LogP contribution is -2.25. The van der Waals surface area contributed by atoms with Crippen molar-refractivity contribution < 1.29 is 19.8 Å². The van der Waals surface area contributed by atoms with Crippen LogP contribution in [-0.4, -0.2) is 41.8 Å². The van der Waals surface area contributed by atoms with Crippen molar-refractivity contribution in [2.24, 2.45) is 0 Å². The van der Waals surface area contributed by atoms with Gasteiger partial charge in [0, 0.05) is 29.1 Å². The summed E-state index contributed by atoms with van der Waals surface area (Å²) >= 11 is 0. The van der Waals surface area contributed by atoms with Crippen molar-refractivity contribution in [3.05, 3.63) is 83.6 Å². The van der Waals surface area contributed by atoms with Crippen LogP contribution in [0.4, 0.5) is 0 Å². The van der Waals surface area contributed by atoms with E-state index in [1.165, 1.54) is 24.8 Å². The third kappa shape index (κ3) is 3.95. The van der Waals surface area contributed by atoms with E-state index in [2.05, 4.69) is 20.5 Å². The first-order chi connectivity index (χ1) is 14.5. The normalized spacial score (nSPS) is 10.8. The molecule has 2 aromatic heterocycles. The predicted molar refractivity (Wildman–Crippen MR) is 107 cm³/mol. The Labute approximate surface area is 170 Å². The second-order valence-electron chi connectivity index (χ2n) is 6.68. The van der Waals surface area contributed by atoms with Gasteiger partial charge in [0.2, 0.25) is 0 Å². The molecule has 9 heteroatoms. The van der Waals surface area contributed by atoms with Gasteiger partial charge in [0.25, 0.3) is 5.91 Å². The molecule has 9 nitrogen and oxygen atoms in total. The number of amides is 1. The molecule has 4 aromatic rings. The average Bonchev–Trinajstić information content (AvgIpc) is 3.28. The minimum Gasteiger partial charge on any atom is -0.507 e. The van der Waals surface area contributed by atoms with Gasteiger partial charge in [-0.05, 0) is 35.9 Å². The van der Waals surface area contributed by atoms with Gasteiger partial charge >= 0.3 is 5.97 Å². The lowest BCUT2D eigenvalue weighted by atomic mass is 10.0. The van der Waals surface area contributed by atoms with Gasteiger partial charge in [0.15, 0.2) is 0 Å². The SMILES string of the molecule is O=C(O)c1ccc(Cc2cnc3ccc(C(=O)NCn4cnnc4)cc3c2O)cc1. The molecule has 0 unspecified atom stereocenters. The summed E-state index contributed by atoms with van der Waals surface area (Å²) in [7, 11) is 0. The van der Waals surface area contributed by atoms with E-state index < -0.39 is 5.97 Å². The summed E-state index contributed by atoms with van der Waals surface area (Å²) in [6, 6.07) is 11.3. The van der Waals surface area contributed by atoms with E-state index in [0.29, 0.717) is 28.5 Å². The topological polar surface area (TPSA) is 130 Å². The number of hydrogen-bond donors (Lipinski definition) is 3. The Morgan fingerprint density at radius 1 is 1.00 bits per heavy atom. The fourth-order valence-electron chi connectivity index (χ4n) is 3.04. The first-order valence-electron chi connectivity index (χ1n) is 9.05. The summed E-state index contributed by atoms with van der Waals surface area (Å²) in [5.74, 6) is -1.26. The number of carboxylic acid groups (broad SMARTS) is 1. The zero-order valence-electron chi connectivity index (χ0n) is 15.7. The molecule has 0 fully saturated rings. The number of fused-ring (bicyclic) bond motifs is 1. The van der Waals surface area contributed by atoms with E-state index in [0.717, 1.165) is 5.56 Å². The number of aromatic hydroxyl groups is 1. The highest BCUT2D eigenvalue weighted by Gasteiger charge is 2.13. The van der Waals surface area contributed by atoms with Gasteiger partial charge in [-0.1, -0.05) is 12.1 Å². The fraction of sp³-hybridized carbons (Fsp3) is 0.0952. The van der Waals surface area contributed by atoms with Gasteiger partial charge < -0.3 is 20.1 Å². The maximum atomic E-state index is 12.4. The van der Waals surface area contributed by atoms with Crippen LogP contribution in [-0.2, 0) is 13.1 Å². The number of carboxylic acids is 1.